The van der Waals surface area contributed by atoms with Gasteiger partial charge in [-0.25, -0.2) is 4.98 Å². The zero-order valence-electron chi connectivity index (χ0n) is 17.0. The minimum absolute atomic E-state index is 0.0495. The first-order valence-electron chi connectivity index (χ1n) is 10.1. The van der Waals surface area contributed by atoms with E-state index in [2.05, 4.69) is 51.8 Å². The average Bonchev–Trinajstić information content (AvgIpc) is 3.12. The van der Waals surface area contributed by atoms with Crippen molar-refractivity contribution in [2.24, 2.45) is 29.6 Å². The van der Waals surface area contributed by atoms with Crippen LogP contribution in [0.15, 0.2) is 11.6 Å². The Kier molecular flexibility index (Phi) is 10.3. The first-order valence-corrected chi connectivity index (χ1v) is 10.9. The predicted molar refractivity (Wildman–Crippen MR) is 109 cm³/mol. The summed E-state index contributed by atoms with van der Waals surface area (Å²) in [6.07, 6.45) is 7.98. The van der Waals surface area contributed by atoms with E-state index in [-0.39, 0.29) is 11.8 Å². The average molecular weight is 367 g/mol. The van der Waals surface area contributed by atoms with Gasteiger partial charge in [-0.3, -0.25) is 4.79 Å². The SMILES string of the molecule is CCC(C)CCCC(C)C(C(C)CC)C(C)C(=O)NCc1nccs1. The molecule has 0 spiro atoms. The molecule has 1 rings (SSSR count). The van der Waals surface area contributed by atoms with E-state index in [4.69, 9.17) is 0 Å². The fraction of sp³-hybridized carbons (Fsp3) is 0.810. The molecular formula is C21H38N2OS. The van der Waals surface area contributed by atoms with Crippen molar-refractivity contribution in [1.29, 1.82) is 0 Å². The summed E-state index contributed by atoms with van der Waals surface area (Å²) in [5.41, 5.74) is 0. The summed E-state index contributed by atoms with van der Waals surface area (Å²) in [4.78, 5) is 16.9. The minimum Gasteiger partial charge on any atom is -0.349 e. The van der Waals surface area contributed by atoms with Gasteiger partial charge >= 0.3 is 0 Å². The third kappa shape index (κ3) is 7.47. The lowest BCUT2D eigenvalue weighted by Crippen LogP contribution is -2.38. The summed E-state index contributed by atoms with van der Waals surface area (Å²) in [6, 6.07) is 0. The van der Waals surface area contributed by atoms with E-state index in [1.807, 2.05) is 5.38 Å². The standard InChI is InChI=1S/C21H38N2OS/c1-7-15(3)10-9-11-17(5)20(16(4)8-2)18(6)21(24)23-14-19-22-12-13-25-19/h12-13,15-18,20H,7-11,14H2,1-6H3,(H,23,24). The molecule has 1 amide bonds. The fourth-order valence-corrected chi connectivity index (χ4v) is 4.40. The Balaban J connectivity index is 2.60. The number of carbonyl (C=O) groups is 1. The summed E-state index contributed by atoms with van der Waals surface area (Å²) in [5.74, 6) is 2.63. The van der Waals surface area contributed by atoms with Gasteiger partial charge in [0.15, 0.2) is 0 Å². The number of hydrogen-bond acceptors (Lipinski definition) is 3. The number of aromatic nitrogens is 1. The number of amides is 1. The normalized spacial score (nSPS) is 17.5. The number of thiazole rings is 1. The minimum atomic E-state index is 0.0495. The van der Waals surface area contributed by atoms with Crippen LogP contribution in [0.2, 0.25) is 0 Å². The summed E-state index contributed by atoms with van der Waals surface area (Å²) >= 11 is 1.59. The van der Waals surface area contributed by atoms with E-state index in [1.54, 1.807) is 17.5 Å². The maximum absolute atomic E-state index is 12.7. The highest BCUT2D eigenvalue weighted by Crippen LogP contribution is 2.34. The van der Waals surface area contributed by atoms with Gasteiger partial charge in [-0.1, -0.05) is 73.6 Å². The summed E-state index contributed by atoms with van der Waals surface area (Å²) < 4.78 is 0. The second kappa shape index (κ2) is 11.7. The number of carbonyl (C=O) groups excluding carboxylic acids is 1. The van der Waals surface area contributed by atoms with Crippen LogP contribution in [0.1, 0.15) is 78.7 Å². The molecule has 3 nitrogen and oxygen atoms in total. The highest BCUT2D eigenvalue weighted by molar-refractivity contribution is 7.09. The zero-order valence-corrected chi connectivity index (χ0v) is 17.9. The largest absolute Gasteiger partial charge is 0.349 e. The molecule has 144 valence electrons. The van der Waals surface area contributed by atoms with Crippen molar-refractivity contribution in [3.63, 3.8) is 0 Å². The van der Waals surface area contributed by atoms with Gasteiger partial charge in [0.2, 0.25) is 5.91 Å². The van der Waals surface area contributed by atoms with Crippen LogP contribution in [-0.2, 0) is 11.3 Å². The molecule has 0 saturated heterocycles. The summed E-state index contributed by atoms with van der Waals surface area (Å²) in [7, 11) is 0. The Morgan fingerprint density at radius 2 is 1.84 bits per heavy atom. The lowest BCUT2D eigenvalue weighted by Gasteiger charge is -2.34. The number of hydrogen-bond donors (Lipinski definition) is 1. The van der Waals surface area contributed by atoms with Crippen LogP contribution < -0.4 is 5.32 Å². The fourth-order valence-electron chi connectivity index (χ4n) is 3.84. The van der Waals surface area contributed by atoms with Crippen LogP contribution in [0.5, 0.6) is 0 Å². The smallest absolute Gasteiger partial charge is 0.223 e. The van der Waals surface area contributed by atoms with Crippen molar-refractivity contribution in [2.45, 2.75) is 80.2 Å². The molecular weight excluding hydrogens is 328 g/mol. The van der Waals surface area contributed by atoms with E-state index in [1.165, 1.54) is 25.7 Å². The monoisotopic (exact) mass is 366 g/mol. The molecule has 1 aromatic heterocycles. The van der Waals surface area contributed by atoms with Crippen LogP contribution in [0.3, 0.4) is 0 Å². The van der Waals surface area contributed by atoms with Crippen molar-refractivity contribution in [3.8, 4) is 0 Å². The summed E-state index contributed by atoms with van der Waals surface area (Å²) in [6.45, 7) is 14.2. The van der Waals surface area contributed by atoms with E-state index in [0.29, 0.717) is 24.3 Å². The third-order valence-electron chi connectivity index (χ3n) is 5.90. The lowest BCUT2D eigenvalue weighted by atomic mass is 9.72. The lowest BCUT2D eigenvalue weighted by molar-refractivity contribution is -0.127. The van der Waals surface area contributed by atoms with Crippen molar-refractivity contribution in [2.75, 3.05) is 0 Å². The molecule has 1 N–H and O–H groups in total. The van der Waals surface area contributed by atoms with Crippen LogP contribution in [0.25, 0.3) is 0 Å². The molecule has 1 aromatic rings. The molecule has 0 aromatic carbocycles. The first kappa shape index (κ1) is 22.1. The van der Waals surface area contributed by atoms with Gasteiger partial charge in [0, 0.05) is 17.5 Å². The van der Waals surface area contributed by atoms with Gasteiger partial charge in [-0.2, -0.15) is 0 Å². The molecule has 5 atom stereocenters. The molecule has 0 radical (unpaired) electrons. The Labute approximate surface area is 159 Å². The maximum Gasteiger partial charge on any atom is 0.223 e. The Morgan fingerprint density at radius 1 is 1.12 bits per heavy atom. The highest BCUT2D eigenvalue weighted by Gasteiger charge is 2.32. The van der Waals surface area contributed by atoms with E-state index in [0.717, 1.165) is 17.3 Å². The van der Waals surface area contributed by atoms with Crippen molar-refractivity contribution in [1.82, 2.24) is 10.3 Å². The molecule has 0 aliphatic carbocycles. The molecule has 0 bridgehead atoms. The predicted octanol–water partition coefficient (Wildman–Crippen LogP) is 5.91. The van der Waals surface area contributed by atoms with Crippen LogP contribution in [0, 0.1) is 29.6 Å². The Morgan fingerprint density at radius 3 is 2.40 bits per heavy atom. The van der Waals surface area contributed by atoms with Gasteiger partial charge in [0.25, 0.3) is 0 Å². The second-order valence-corrected chi connectivity index (χ2v) is 8.80. The van der Waals surface area contributed by atoms with Gasteiger partial charge in [0.05, 0.1) is 6.54 Å². The van der Waals surface area contributed by atoms with Crippen molar-refractivity contribution in [3.05, 3.63) is 16.6 Å². The molecule has 25 heavy (non-hydrogen) atoms. The maximum atomic E-state index is 12.7. The topological polar surface area (TPSA) is 42.0 Å². The molecule has 0 saturated carbocycles. The number of nitrogens with one attached hydrogen (secondary N) is 1. The van der Waals surface area contributed by atoms with Gasteiger partial charge in [-0.05, 0) is 23.7 Å². The molecule has 1 heterocycles. The van der Waals surface area contributed by atoms with Crippen LogP contribution in [0.4, 0.5) is 0 Å². The van der Waals surface area contributed by atoms with Crippen molar-refractivity contribution < 1.29 is 4.79 Å². The third-order valence-corrected chi connectivity index (χ3v) is 6.68. The van der Waals surface area contributed by atoms with Gasteiger partial charge in [-0.15, -0.1) is 11.3 Å². The molecule has 5 unspecified atom stereocenters. The van der Waals surface area contributed by atoms with E-state index >= 15 is 0 Å². The first-order chi connectivity index (χ1) is 11.9. The number of nitrogens with zero attached hydrogens (tertiary/aromatic N) is 1. The second-order valence-electron chi connectivity index (χ2n) is 7.82. The Hall–Kier alpha value is -0.900. The quantitative estimate of drug-likeness (QED) is 0.499. The molecule has 0 aliphatic rings. The van der Waals surface area contributed by atoms with E-state index in [9.17, 15) is 4.79 Å². The van der Waals surface area contributed by atoms with Crippen LogP contribution in [-0.4, -0.2) is 10.9 Å². The molecule has 0 aliphatic heterocycles. The van der Waals surface area contributed by atoms with Gasteiger partial charge < -0.3 is 5.32 Å². The van der Waals surface area contributed by atoms with Crippen molar-refractivity contribution >= 4 is 17.2 Å². The zero-order chi connectivity index (χ0) is 18.8. The molecule has 0 fully saturated rings. The Bertz CT molecular complexity index is 474. The summed E-state index contributed by atoms with van der Waals surface area (Å²) in [5, 5.41) is 6.02. The highest BCUT2D eigenvalue weighted by atomic mass is 32.1. The molecule has 4 heteroatoms. The number of rotatable bonds is 12. The van der Waals surface area contributed by atoms with Gasteiger partial charge in [0.1, 0.15) is 5.01 Å². The van der Waals surface area contributed by atoms with E-state index < -0.39 is 0 Å². The van der Waals surface area contributed by atoms with Crippen LogP contribution >= 0.6 is 11.3 Å².